The Kier molecular flexibility index (Phi) is 6.58. The van der Waals surface area contributed by atoms with Gasteiger partial charge in [-0.3, -0.25) is 0 Å². The molecule has 0 spiro atoms. The van der Waals surface area contributed by atoms with E-state index < -0.39 is 41.5 Å². The number of hydrogen-bond donors (Lipinski definition) is 1. The highest BCUT2D eigenvalue weighted by Gasteiger charge is 2.57. The van der Waals surface area contributed by atoms with Gasteiger partial charge >= 0.3 is 23.8 Å². The van der Waals surface area contributed by atoms with Gasteiger partial charge in [0, 0.05) is 5.92 Å². The molecule has 1 unspecified atom stereocenters. The number of carboxylic acids is 1. The molecule has 1 aromatic rings. The molecule has 36 heavy (non-hydrogen) atoms. The first-order valence-electron chi connectivity index (χ1n) is 13.2. The topological polar surface area (TPSA) is 89.9 Å². The molecule has 6 nitrogen and oxygen atoms in total. The first kappa shape index (κ1) is 25.2. The lowest BCUT2D eigenvalue weighted by molar-refractivity contribution is -0.189. The Labute approximate surface area is 209 Å². The molecule has 1 aromatic carbocycles. The summed E-state index contributed by atoms with van der Waals surface area (Å²) in [4.78, 5) is 37.0. The van der Waals surface area contributed by atoms with E-state index in [1.165, 1.54) is 30.7 Å². The number of carbonyl (C=O) groups excluding carboxylic acids is 2. The lowest BCUT2D eigenvalue weighted by atomic mass is 9.50. The number of esters is 2. The molecule has 0 aromatic heterocycles. The van der Waals surface area contributed by atoms with Gasteiger partial charge in [-0.05, 0) is 99.8 Å². The fourth-order valence-electron chi connectivity index (χ4n) is 7.50. The third kappa shape index (κ3) is 4.52. The van der Waals surface area contributed by atoms with Gasteiger partial charge in [-0.1, -0.05) is 19.3 Å². The maximum absolute atomic E-state index is 14.5. The number of halogens is 2. The molecule has 196 valence electrons. The molecular weight excluding hydrogens is 470 g/mol. The molecule has 6 rings (SSSR count). The van der Waals surface area contributed by atoms with Crippen molar-refractivity contribution in [1.82, 2.24) is 0 Å². The molecule has 4 bridgehead atoms. The number of alkyl halides is 2. The molecule has 5 aliphatic rings. The van der Waals surface area contributed by atoms with E-state index in [9.17, 15) is 23.2 Å². The van der Waals surface area contributed by atoms with E-state index >= 15 is 0 Å². The SMILES string of the molecule is CC1(OC(=O)c2ccc(C(=O)OC(C3CCCCC3)C(F)(F)C(=O)O)cc2)C2CC3CC(C2)CC1C3. The molecule has 5 aliphatic carbocycles. The Morgan fingerprint density at radius 2 is 1.39 bits per heavy atom. The van der Waals surface area contributed by atoms with Crippen molar-refractivity contribution in [3.05, 3.63) is 35.4 Å². The number of carboxylic acid groups (broad SMARTS) is 1. The summed E-state index contributed by atoms with van der Waals surface area (Å²) in [6, 6.07) is 5.55. The molecule has 5 fully saturated rings. The minimum Gasteiger partial charge on any atom is -0.477 e. The zero-order valence-corrected chi connectivity index (χ0v) is 20.6. The monoisotopic (exact) mass is 504 g/mol. The minimum atomic E-state index is -4.19. The van der Waals surface area contributed by atoms with E-state index in [4.69, 9.17) is 14.6 Å². The van der Waals surface area contributed by atoms with Crippen LogP contribution in [0.3, 0.4) is 0 Å². The third-order valence-corrected chi connectivity index (χ3v) is 9.38. The lowest BCUT2D eigenvalue weighted by Crippen LogP contribution is -2.58. The van der Waals surface area contributed by atoms with Crippen LogP contribution in [0.2, 0.25) is 0 Å². The summed E-state index contributed by atoms with van der Waals surface area (Å²) in [5, 5.41) is 9.06. The summed E-state index contributed by atoms with van der Waals surface area (Å²) >= 11 is 0. The lowest BCUT2D eigenvalue weighted by Gasteiger charge is -2.59. The first-order chi connectivity index (χ1) is 17.1. The summed E-state index contributed by atoms with van der Waals surface area (Å²) in [5.41, 5.74) is -0.228. The van der Waals surface area contributed by atoms with Crippen LogP contribution in [0.4, 0.5) is 8.78 Å². The normalized spacial score (nSPS) is 32.6. The van der Waals surface area contributed by atoms with Crippen LogP contribution in [0.25, 0.3) is 0 Å². The van der Waals surface area contributed by atoms with Crippen LogP contribution >= 0.6 is 0 Å². The van der Waals surface area contributed by atoms with Crippen molar-refractivity contribution in [2.45, 2.75) is 88.8 Å². The molecular formula is C28H34F2O6. The zero-order valence-electron chi connectivity index (χ0n) is 20.6. The maximum Gasteiger partial charge on any atom is 0.378 e. The van der Waals surface area contributed by atoms with Crippen LogP contribution in [0.1, 0.15) is 91.8 Å². The third-order valence-electron chi connectivity index (χ3n) is 9.38. The van der Waals surface area contributed by atoms with Crippen molar-refractivity contribution >= 4 is 17.9 Å². The number of carbonyl (C=O) groups is 3. The van der Waals surface area contributed by atoms with Gasteiger partial charge in [-0.2, -0.15) is 8.78 Å². The van der Waals surface area contributed by atoms with Crippen LogP contribution in [0.15, 0.2) is 24.3 Å². The molecule has 0 heterocycles. The van der Waals surface area contributed by atoms with E-state index in [-0.39, 0.29) is 11.1 Å². The predicted molar refractivity (Wildman–Crippen MR) is 126 cm³/mol. The van der Waals surface area contributed by atoms with Gasteiger partial charge in [-0.15, -0.1) is 0 Å². The van der Waals surface area contributed by atoms with Crippen molar-refractivity contribution in [3.8, 4) is 0 Å². The minimum absolute atomic E-state index is 0.0191. The molecule has 1 atom stereocenters. The number of aliphatic carboxylic acids is 1. The molecule has 0 aliphatic heterocycles. The van der Waals surface area contributed by atoms with Crippen molar-refractivity contribution in [2.75, 3.05) is 0 Å². The van der Waals surface area contributed by atoms with Gasteiger partial charge in [0.1, 0.15) is 5.60 Å². The fraction of sp³-hybridized carbons (Fsp3) is 0.679. The zero-order chi connectivity index (χ0) is 25.7. The molecule has 1 N–H and O–H groups in total. The van der Waals surface area contributed by atoms with Gasteiger partial charge in [0.15, 0.2) is 6.10 Å². The first-order valence-corrected chi connectivity index (χ1v) is 13.2. The largest absolute Gasteiger partial charge is 0.477 e. The summed E-state index contributed by atoms with van der Waals surface area (Å²) in [5.74, 6) is -6.45. The molecule has 0 amide bonds. The Hall–Kier alpha value is -2.51. The standard InChI is InChI=1S/C28H34F2O6/c1-27(21-12-16-11-17(14-21)15-22(27)13-16)36-25(32)20-9-7-19(8-10-20)24(31)35-23(28(29,30)26(33)34)18-5-3-2-4-6-18/h7-10,16-18,21-23H,2-6,11-15H2,1H3,(H,33,34). The van der Waals surface area contributed by atoms with Crippen molar-refractivity contribution < 1.29 is 37.7 Å². The molecule has 0 saturated heterocycles. The van der Waals surface area contributed by atoms with Crippen molar-refractivity contribution in [2.24, 2.45) is 29.6 Å². The van der Waals surface area contributed by atoms with Gasteiger partial charge < -0.3 is 14.6 Å². The molecule has 8 heteroatoms. The van der Waals surface area contributed by atoms with Crippen molar-refractivity contribution in [3.63, 3.8) is 0 Å². The summed E-state index contributed by atoms with van der Waals surface area (Å²) in [6.45, 7) is 2.05. The fourth-order valence-corrected chi connectivity index (χ4v) is 7.50. The summed E-state index contributed by atoms with van der Waals surface area (Å²) < 4.78 is 40.2. The van der Waals surface area contributed by atoms with E-state index in [0.717, 1.165) is 43.9 Å². The highest BCUT2D eigenvalue weighted by Crippen LogP contribution is 2.59. The van der Waals surface area contributed by atoms with E-state index in [2.05, 4.69) is 6.92 Å². The average molecular weight is 505 g/mol. The second-order valence-electron chi connectivity index (χ2n) is 11.6. The summed E-state index contributed by atoms with van der Waals surface area (Å²) in [6.07, 6.45) is 6.69. The van der Waals surface area contributed by atoms with Gasteiger partial charge in [0.05, 0.1) is 11.1 Å². The Morgan fingerprint density at radius 1 is 0.889 bits per heavy atom. The van der Waals surface area contributed by atoms with Crippen LogP contribution < -0.4 is 0 Å². The van der Waals surface area contributed by atoms with Crippen LogP contribution in [0, 0.1) is 29.6 Å². The van der Waals surface area contributed by atoms with E-state index in [1.54, 1.807) is 0 Å². The highest BCUT2D eigenvalue weighted by molar-refractivity contribution is 5.93. The Balaban J connectivity index is 1.26. The number of benzene rings is 1. The quantitative estimate of drug-likeness (QED) is 0.466. The number of hydrogen-bond acceptors (Lipinski definition) is 5. The second-order valence-corrected chi connectivity index (χ2v) is 11.6. The van der Waals surface area contributed by atoms with Crippen LogP contribution in [0.5, 0.6) is 0 Å². The van der Waals surface area contributed by atoms with Crippen molar-refractivity contribution in [1.29, 1.82) is 0 Å². The predicted octanol–water partition coefficient (Wildman–Crippen LogP) is 5.88. The summed E-state index contributed by atoms with van der Waals surface area (Å²) in [7, 11) is 0. The van der Waals surface area contributed by atoms with E-state index in [1.807, 2.05) is 0 Å². The Bertz CT molecular complexity index is 985. The number of ether oxygens (including phenoxy) is 2. The van der Waals surface area contributed by atoms with E-state index in [0.29, 0.717) is 37.5 Å². The van der Waals surface area contributed by atoms with Gasteiger partial charge in [0.25, 0.3) is 0 Å². The number of rotatable bonds is 7. The average Bonchev–Trinajstić information content (AvgIpc) is 2.85. The second kappa shape index (κ2) is 9.42. The maximum atomic E-state index is 14.5. The smallest absolute Gasteiger partial charge is 0.378 e. The molecule has 5 saturated carbocycles. The van der Waals surface area contributed by atoms with Crippen LogP contribution in [-0.4, -0.2) is 40.6 Å². The molecule has 0 radical (unpaired) electrons. The van der Waals surface area contributed by atoms with Crippen LogP contribution in [-0.2, 0) is 14.3 Å². The Morgan fingerprint density at radius 3 is 1.89 bits per heavy atom. The van der Waals surface area contributed by atoms with Gasteiger partial charge in [0.2, 0.25) is 0 Å². The highest BCUT2D eigenvalue weighted by atomic mass is 19.3. The van der Waals surface area contributed by atoms with Gasteiger partial charge in [-0.25, -0.2) is 14.4 Å².